The Bertz CT molecular complexity index is 1220. The highest BCUT2D eigenvalue weighted by atomic mass is 16.4. The first kappa shape index (κ1) is 22.2. The molecule has 162 valence electrons. The van der Waals surface area contributed by atoms with Gasteiger partial charge in [0, 0.05) is 0 Å². The van der Waals surface area contributed by atoms with Crippen molar-refractivity contribution < 1.29 is 39.6 Å². The summed E-state index contributed by atoms with van der Waals surface area (Å²) < 4.78 is 0. The Kier molecular flexibility index (Phi) is 5.80. The van der Waals surface area contributed by atoms with Crippen molar-refractivity contribution in [3.05, 3.63) is 81.9 Å². The second kappa shape index (κ2) is 8.35. The van der Waals surface area contributed by atoms with Gasteiger partial charge in [0.25, 0.3) is 0 Å². The van der Waals surface area contributed by atoms with Gasteiger partial charge in [-0.15, -0.1) is 0 Å². The van der Waals surface area contributed by atoms with Gasteiger partial charge >= 0.3 is 23.9 Å². The van der Waals surface area contributed by atoms with E-state index >= 15 is 0 Å². The van der Waals surface area contributed by atoms with Gasteiger partial charge in [-0.25, -0.2) is 19.2 Å². The predicted molar refractivity (Wildman–Crippen MR) is 115 cm³/mol. The number of hydrogen-bond acceptors (Lipinski definition) is 4. The smallest absolute Gasteiger partial charge is 0.335 e. The SMILES string of the molecule is Cc1cc(-c2cc(C(=O)O)cc(C(=O)O)c2)cc(C)c1-c1cc(C(=O)O)cc(C(=O)O)c1. The van der Waals surface area contributed by atoms with Crippen LogP contribution in [0.15, 0.2) is 48.5 Å². The monoisotopic (exact) mass is 434 g/mol. The second-order valence-corrected chi connectivity index (χ2v) is 7.30. The average Bonchev–Trinajstić information content (AvgIpc) is 2.72. The first-order valence-corrected chi connectivity index (χ1v) is 9.33. The maximum atomic E-state index is 11.5. The quantitative estimate of drug-likeness (QED) is 0.445. The topological polar surface area (TPSA) is 149 Å². The van der Waals surface area contributed by atoms with E-state index in [9.17, 15) is 39.6 Å². The van der Waals surface area contributed by atoms with Gasteiger partial charge in [0.05, 0.1) is 22.3 Å². The summed E-state index contributed by atoms with van der Waals surface area (Å²) in [4.78, 5) is 45.7. The number of aryl methyl sites for hydroxylation is 2. The van der Waals surface area contributed by atoms with Gasteiger partial charge in [-0.3, -0.25) is 0 Å². The van der Waals surface area contributed by atoms with E-state index in [1.807, 2.05) is 0 Å². The minimum absolute atomic E-state index is 0.164. The van der Waals surface area contributed by atoms with Crippen LogP contribution in [0, 0.1) is 13.8 Å². The van der Waals surface area contributed by atoms with Crippen molar-refractivity contribution in [3.8, 4) is 22.3 Å². The lowest BCUT2D eigenvalue weighted by molar-refractivity contribution is 0.0676. The molecule has 3 aromatic carbocycles. The van der Waals surface area contributed by atoms with Crippen LogP contribution in [0.5, 0.6) is 0 Å². The molecule has 8 nitrogen and oxygen atoms in total. The lowest BCUT2D eigenvalue weighted by Gasteiger charge is -2.15. The number of carboxylic acid groups (broad SMARTS) is 4. The van der Waals surface area contributed by atoms with Crippen LogP contribution in [0.25, 0.3) is 22.3 Å². The third-order valence-corrected chi connectivity index (χ3v) is 5.01. The fraction of sp³-hybridized carbons (Fsp3) is 0.0833. The highest BCUT2D eigenvalue weighted by molar-refractivity contribution is 5.98. The molecule has 0 unspecified atom stereocenters. The number of aromatic carboxylic acids is 4. The first-order chi connectivity index (χ1) is 15.0. The number of carbonyl (C=O) groups is 4. The summed E-state index contributed by atoms with van der Waals surface area (Å²) in [6, 6.07) is 11.1. The Morgan fingerprint density at radius 3 is 1.06 bits per heavy atom. The Morgan fingerprint density at radius 1 is 0.469 bits per heavy atom. The van der Waals surface area contributed by atoms with Crippen LogP contribution in [0.2, 0.25) is 0 Å². The first-order valence-electron chi connectivity index (χ1n) is 9.33. The van der Waals surface area contributed by atoms with E-state index in [2.05, 4.69) is 0 Å². The molecule has 32 heavy (non-hydrogen) atoms. The highest BCUT2D eigenvalue weighted by Gasteiger charge is 2.17. The molecule has 0 heterocycles. The van der Waals surface area contributed by atoms with Crippen LogP contribution in [-0.4, -0.2) is 44.3 Å². The fourth-order valence-corrected chi connectivity index (χ4v) is 3.65. The van der Waals surface area contributed by atoms with E-state index in [0.29, 0.717) is 33.4 Å². The predicted octanol–water partition coefficient (Wildman–Crippen LogP) is 4.43. The van der Waals surface area contributed by atoms with Gasteiger partial charge in [0.15, 0.2) is 0 Å². The van der Waals surface area contributed by atoms with E-state index in [1.165, 1.54) is 24.3 Å². The van der Waals surface area contributed by atoms with Gasteiger partial charge in [0.2, 0.25) is 0 Å². The summed E-state index contributed by atoms with van der Waals surface area (Å²) >= 11 is 0. The van der Waals surface area contributed by atoms with Crippen molar-refractivity contribution in [2.75, 3.05) is 0 Å². The molecule has 0 aliphatic heterocycles. The van der Waals surface area contributed by atoms with Gasteiger partial charge in [-0.1, -0.05) is 12.1 Å². The maximum absolute atomic E-state index is 11.5. The molecule has 0 radical (unpaired) electrons. The van der Waals surface area contributed by atoms with E-state index in [1.54, 1.807) is 26.0 Å². The standard InChI is InChI=1S/C24H18O8/c1-11-3-13(14-5-16(21(25)26)9-17(6-14)22(27)28)4-12(2)20(11)15-7-18(23(29)30)10-19(8-15)24(31)32/h3-10H,1-2H3,(H,25,26)(H,27,28)(H,29,30)(H,31,32). The lowest BCUT2D eigenvalue weighted by atomic mass is 9.89. The van der Waals surface area contributed by atoms with Gasteiger partial charge < -0.3 is 20.4 Å². The van der Waals surface area contributed by atoms with Crippen molar-refractivity contribution in [2.45, 2.75) is 13.8 Å². The molecule has 0 atom stereocenters. The zero-order valence-corrected chi connectivity index (χ0v) is 17.0. The molecule has 0 aliphatic rings. The van der Waals surface area contributed by atoms with Crippen LogP contribution < -0.4 is 0 Å². The molecule has 8 heteroatoms. The lowest BCUT2D eigenvalue weighted by Crippen LogP contribution is -2.04. The molecule has 0 aliphatic carbocycles. The summed E-state index contributed by atoms with van der Waals surface area (Å²) in [7, 11) is 0. The fourth-order valence-electron chi connectivity index (χ4n) is 3.65. The Morgan fingerprint density at radius 2 is 0.750 bits per heavy atom. The molecule has 0 fully saturated rings. The summed E-state index contributed by atoms with van der Waals surface area (Å²) in [5.74, 6) is -5.03. The van der Waals surface area contributed by atoms with Crippen molar-refractivity contribution in [1.82, 2.24) is 0 Å². The number of benzene rings is 3. The zero-order valence-electron chi connectivity index (χ0n) is 17.0. The van der Waals surface area contributed by atoms with Gasteiger partial charge in [-0.2, -0.15) is 0 Å². The summed E-state index contributed by atoms with van der Waals surface area (Å²) in [5.41, 5.74) is 2.70. The van der Waals surface area contributed by atoms with Crippen LogP contribution in [0.1, 0.15) is 52.6 Å². The molecule has 0 saturated carbocycles. The zero-order chi connectivity index (χ0) is 23.7. The van der Waals surface area contributed by atoms with Crippen molar-refractivity contribution >= 4 is 23.9 Å². The minimum atomic E-state index is -1.26. The Balaban J connectivity index is 2.21. The van der Waals surface area contributed by atoms with Gasteiger partial charge in [0.1, 0.15) is 0 Å². The van der Waals surface area contributed by atoms with Crippen molar-refractivity contribution in [2.24, 2.45) is 0 Å². The molecular weight excluding hydrogens is 416 g/mol. The molecule has 0 aromatic heterocycles. The third kappa shape index (κ3) is 4.34. The van der Waals surface area contributed by atoms with Crippen molar-refractivity contribution in [1.29, 1.82) is 0 Å². The van der Waals surface area contributed by atoms with E-state index in [0.717, 1.165) is 12.1 Å². The van der Waals surface area contributed by atoms with Crippen LogP contribution >= 0.6 is 0 Å². The number of hydrogen-bond donors (Lipinski definition) is 4. The minimum Gasteiger partial charge on any atom is -0.478 e. The summed E-state index contributed by atoms with van der Waals surface area (Å²) in [5, 5.41) is 37.3. The molecule has 0 spiro atoms. The van der Waals surface area contributed by atoms with Crippen LogP contribution in [0.4, 0.5) is 0 Å². The number of carboxylic acids is 4. The maximum Gasteiger partial charge on any atom is 0.335 e. The Hall–Kier alpha value is -4.46. The largest absolute Gasteiger partial charge is 0.478 e. The second-order valence-electron chi connectivity index (χ2n) is 7.30. The molecule has 0 saturated heterocycles. The van der Waals surface area contributed by atoms with E-state index < -0.39 is 23.9 Å². The molecule has 0 bridgehead atoms. The Labute approximate surface area is 182 Å². The van der Waals surface area contributed by atoms with Crippen molar-refractivity contribution in [3.63, 3.8) is 0 Å². The molecule has 0 amide bonds. The normalized spacial score (nSPS) is 10.6. The molecule has 4 N–H and O–H groups in total. The van der Waals surface area contributed by atoms with E-state index in [4.69, 9.17) is 0 Å². The highest BCUT2D eigenvalue weighted by Crippen LogP contribution is 2.34. The molecular formula is C24H18O8. The third-order valence-electron chi connectivity index (χ3n) is 5.01. The summed E-state index contributed by atoms with van der Waals surface area (Å²) in [6.07, 6.45) is 0. The summed E-state index contributed by atoms with van der Waals surface area (Å²) in [6.45, 7) is 3.50. The van der Waals surface area contributed by atoms with E-state index in [-0.39, 0.29) is 22.3 Å². The number of rotatable bonds is 6. The van der Waals surface area contributed by atoms with Gasteiger partial charge in [-0.05, 0) is 83.6 Å². The van der Waals surface area contributed by atoms with Crippen LogP contribution in [0.3, 0.4) is 0 Å². The average molecular weight is 434 g/mol. The molecule has 3 rings (SSSR count). The molecule has 3 aromatic rings. The van der Waals surface area contributed by atoms with Crippen LogP contribution in [-0.2, 0) is 0 Å².